The lowest BCUT2D eigenvalue weighted by molar-refractivity contribution is -0.124. The topological polar surface area (TPSA) is 41.1 Å². The highest BCUT2D eigenvalue weighted by Gasteiger charge is 2.20. The zero-order valence-electron chi connectivity index (χ0n) is 9.31. The van der Waals surface area contributed by atoms with E-state index in [4.69, 9.17) is 0 Å². The number of hydrogen-bond donors (Lipinski definition) is 2. The van der Waals surface area contributed by atoms with Crippen LogP contribution in [0.4, 0.5) is 0 Å². The molecule has 3 heteroatoms. The highest BCUT2D eigenvalue weighted by Crippen LogP contribution is 2.05. The van der Waals surface area contributed by atoms with Gasteiger partial charge in [0.25, 0.3) is 0 Å². The monoisotopic (exact) mass is 198 g/mol. The molecule has 1 saturated heterocycles. The summed E-state index contributed by atoms with van der Waals surface area (Å²) in [5.41, 5.74) is 0. The number of hydrogen-bond acceptors (Lipinski definition) is 2. The first kappa shape index (κ1) is 11.5. The Morgan fingerprint density at radius 3 is 3.00 bits per heavy atom. The van der Waals surface area contributed by atoms with Gasteiger partial charge >= 0.3 is 0 Å². The molecule has 1 rings (SSSR count). The molecule has 0 radical (unpaired) electrons. The minimum absolute atomic E-state index is 0.0657. The van der Waals surface area contributed by atoms with Gasteiger partial charge in [-0.3, -0.25) is 4.79 Å². The van der Waals surface area contributed by atoms with Crippen molar-refractivity contribution in [3.63, 3.8) is 0 Å². The van der Waals surface area contributed by atoms with Crippen molar-refractivity contribution in [2.24, 2.45) is 5.92 Å². The molecule has 1 aliphatic rings. The first-order valence-electron chi connectivity index (χ1n) is 5.71. The first-order valence-corrected chi connectivity index (χ1v) is 5.71. The SMILES string of the molecule is CC(C)CCCNC1CCCNC1=O. The summed E-state index contributed by atoms with van der Waals surface area (Å²) in [5, 5.41) is 6.20. The number of carbonyl (C=O) groups excluding carboxylic acids is 1. The third-order valence-electron chi connectivity index (χ3n) is 2.63. The molecule has 1 fully saturated rings. The Labute approximate surface area is 86.6 Å². The standard InChI is InChI=1S/C11H22N2O/c1-9(2)5-3-7-12-10-6-4-8-13-11(10)14/h9-10,12H,3-8H2,1-2H3,(H,13,14). The summed E-state index contributed by atoms with van der Waals surface area (Å²) in [6.07, 6.45) is 4.50. The van der Waals surface area contributed by atoms with E-state index < -0.39 is 0 Å². The third-order valence-corrected chi connectivity index (χ3v) is 2.63. The van der Waals surface area contributed by atoms with Crippen LogP contribution in [0.15, 0.2) is 0 Å². The molecule has 82 valence electrons. The van der Waals surface area contributed by atoms with Crippen LogP contribution in [-0.4, -0.2) is 25.0 Å². The molecule has 14 heavy (non-hydrogen) atoms. The molecular weight excluding hydrogens is 176 g/mol. The van der Waals surface area contributed by atoms with E-state index in [1.165, 1.54) is 12.8 Å². The van der Waals surface area contributed by atoms with Crippen LogP contribution in [0.1, 0.15) is 39.5 Å². The van der Waals surface area contributed by atoms with Crippen LogP contribution in [-0.2, 0) is 4.79 Å². The Bertz CT molecular complexity index is 180. The van der Waals surface area contributed by atoms with Gasteiger partial charge in [0.1, 0.15) is 0 Å². The van der Waals surface area contributed by atoms with Crippen LogP contribution in [0.2, 0.25) is 0 Å². The van der Waals surface area contributed by atoms with Gasteiger partial charge in [-0.15, -0.1) is 0 Å². The van der Waals surface area contributed by atoms with Crippen molar-refractivity contribution in [1.82, 2.24) is 10.6 Å². The molecule has 0 bridgehead atoms. The van der Waals surface area contributed by atoms with Crippen LogP contribution < -0.4 is 10.6 Å². The van der Waals surface area contributed by atoms with Crippen LogP contribution in [0.5, 0.6) is 0 Å². The van der Waals surface area contributed by atoms with E-state index in [2.05, 4.69) is 24.5 Å². The summed E-state index contributed by atoms with van der Waals surface area (Å²) in [6.45, 7) is 6.28. The molecule has 1 heterocycles. The second-order valence-corrected chi connectivity index (χ2v) is 4.48. The predicted molar refractivity (Wildman–Crippen MR) is 58.1 cm³/mol. The summed E-state index contributed by atoms with van der Waals surface area (Å²) >= 11 is 0. The highest BCUT2D eigenvalue weighted by atomic mass is 16.2. The van der Waals surface area contributed by atoms with Gasteiger partial charge in [-0.2, -0.15) is 0 Å². The quantitative estimate of drug-likeness (QED) is 0.654. The first-order chi connectivity index (χ1) is 6.70. The van der Waals surface area contributed by atoms with E-state index in [9.17, 15) is 4.79 Å². The summed E-state index contributed by atoms with van der Waals surface area (Å²) in [6, 6.07) is 0.0657. The molecule has 0 aromatic heterocycles. The van der Waals surface area contributed by atoms with Crippen molar-refractivity contribution in [3.8, 4) is 0 Å². The van der Waals surface area contributed by atoms with Gasteiger partial charge in [0.05, 0.1) is 6.04 Å². The van der Waals surface area contributed by atoms with Crippen molar-refractivity contribution in [2.45, 2.75) is 45.6 Å². The van der Waals surface area contributed by atoms with Gasteiger partial charge in [-0.25, -0.2) is 0 Å². The number of nitrogens with one attached hydrogen (secondary N) is 2. The summed E-state index contributed by atoms with van der Waals surface area (Å²) in [5.74, 6) is 0.942. The molecule has 0 aromatic carbocycles. The number of carbonyl (C=O) groups is 1. The van der Waals surface area contributed by atoms with Crippen molar-refractivity contribution in [1.29, 1.82) is 0 Å². The van der Waals surface area contributed by atoms with Crippen LogP contribution in [0.3, 0.4) is 0 Å². The van der Waals surface area contributed by atoms with E-state index in [-0.39, 0.29) is 11.9 Å². The second kappa shape index (κ2) is 6.02. The van der Waals surface area contributed by atoms with Gasteiger partial charge in [0, 0.05) is 6.54 Å². The molecule has 1 aliphatic heterocycles. The predicted octanol–water partition coefficient (Wildman–Crippen LogP) is 1.29. The normalized spacial score (nSPS) is 22.5. The summed E-state index contributed by atoms with van der Waals surface area (Å²) < 4.78 is 0. The Hall–Kier alpha value is -0.570. The summed E-state index contributed by atoms with van der Waals surface area (Å²) in [4.78, 5) is 11.3. The Morgan fingerprint density at radius 1 is 1.57 bits per heavy atom. The van der Waals surface area contributed by atoms with E-state index >= 15 is 0 Å². The Balaban J connectivity index is 2.07. The van der Waals surface area contributed by atoms with Gasteiger partial charge in [-0.1, -0.05) is 13.8 Å². The van der Waals surface area contributed by atoms with Crippen molar-refractivity contribution in [3.05, 3.63) is 0 Å². The number of amides is 1. The average molecular weight is 198 g/mol. The maximum absolute atomic E-state index is 11.3. The molecular formula is C11H22N2O. The highest BCUT2D eigenvalue weighted by molar-refractivity contribution is 5.82. The lowest BCUT2D eigenvalue weighted by atomic mass is 10.1. The van der Waals surface area contributed by atoms with Gasteiger partial charge in [-0.05, 0) is 38.1 Å². The zero-order valence-corrected chi connectivity index (χ0v) is 9.31. The van der Waals surface area contributed by atoms with E-state index in [1.807, 2.05) is 0 Å². The molecule has 0 spiro atoms. The average Bonchev–Trinajstić information content (AvgIpc) is 2.15. The fourth-order valence-corrected chi connectivity index (χ4v) is 1.75. The third kappa shape index (κ3) is 4.09. The maximum atomic E-state index is 11.3. The van der Waals surface area contributed by atoms with Crippen LogP contribution in [0.25, 0.3) is 0 Å². The molecule has 1 amide bonds. The molecule has 0 aliphatic carbocycles. The van der Waals surface area contributed by atoms with Crippen molar-refractivity contribution >= 4 is 5.91 Å². The smallest absolute Gasteiger partial charge is 0.237 e. The maximum Gasteiger partial charge on any atom is 0.237 e. The van der Waals surface area contributed by atoms with Crippen LogP contribution >= 0.6 is 0 Å². The van der Waals surface area contributed by atoms with Crippen LogP contribution in [0, 0.1) is 5.92 Å². The Kier molecular flexibility index (Phi) is 4.94. The van der Waals surface area contributed by atoms with Crippen molar-refractivity contribution < 1.29 is 4.79 Å². The van der Waals surface area contributed by atoms with Gasteiger partial charge < -0.3 is 10.6 Å². The van der Waals surface area contributed by atoms with E-state index in [0.29, 0.717) is 0 Å². The minimum Gasteiger partial charge on any atom is -0.355 e. The second-order valence-electron chi connectivity index (χ2n) is 4.48. The molecule has 1 unspecified atom stereocenters. The lowest BCUT2D eigenvalue weighted by Crippen LogP contribution is -2.48. The number of rotatable bonds is 5. The summed E-state index contributed by atoms with van der Waals surface area (Å²) in [7, 11) is 0. The molecule has 0 aromatic rings. The molecule has 1 atom stereocenters. The largest absolute Gasteiger partial charge is 0.355 e. The molecule has 0 saturated carbocycles. The molecule has 3 nitrogen and oxygen atoms in total. The molecule has 2 N–H and O–H groups in total. The fourth-order valence-electron chi connectivity index (χ4n) is 1.75. The van der Waals surface area contributed by atoms with Gasteiger partial charge in [0.2, 0.25) is 5.91 Å². The van der Waals surface area contributed by atoms with Crippen molar-refractivity contribution in [2.75, 3.05) is 13.1 Å². The fraction of sp³-hybridized carbons (Fsp3) is 0.909. The minimum atomic E-state index is 0.0657. The number of piperidine rings is 1. The Morgan fingerprint density at radius 2 is 2.36 bits per heavy atom. The van der Waals surface area contributed by atoms with Gasteiger partial charge in [0.15, 0.2) is 0 Å². The zero-order chi connectivity index (χ0) is 10.4. The van der Waals surface area contributed by atoms with E-state index in [1.54, 1.807) is 0 Å². The lowest BCUT2D eigenvalue weighted by Gasteiger charge is -2.22. The van der Waals surface area contributed by atoms with E-state index in [0.717, 1.165) is 31.8 Å².